The molecule has 2 N–H and O–H groups in total. The molecule has 2 amide bonds. The van der Waals surface area contributed by atoms with Gasteiger partial charge in [0.25, 0.3) is 5.91 Å². The number of hydrogen-bond acceptors (Lipinski definition) is 4. The smallest absolute Gasteiger partial charge is 0.261 e. The highest BCUT2D eigenvalue weighted by molar-refractivity contribution is 6.04. The van der Waals surface area contributed by atoms with E-state index in [9.17, 15) is 14.9 Å². The van der Waals surface area contributed by atoms with E-state index < -0.39 is 5.91 Å². The van der Waals surface area contributed by atoms with E-state index in [0.29, 0.717) is 18.7 Å². The summed E-state index contributed by atoms with van der Waals surface area (Å²) in [5.41, 5.74) is 1.59. The van der Waals surface area contributed by atoms with Crippen molar-refractivity contribution in [2.24, 2.45) is 0 Å². The minimum absolute atomic E-state index is 0.0134. The first-order valence-corrected chi connectivity index (χ1v) is 8.28. The van der Waals surface area contributed by atoms with Gasteiger partial charge in [-0.1, -0.05) is 18.2 Å². The molecule has 0 aliphatic heterocycles. The van der Waals surface area contributed by atoms with E-state index in [1.54, 1.807) is 13.3 Å². The quantitative estimate of drug-likeness (QED) is 0.426. The fourth-order valence-electron chi connectivity index (χ4n) is 2.61. The molecule has 0 aliphatic carbocycles. The summed E-state index contributed by atoms with van der Waals surface area (Å²) in [5, 5.41) is 15.4. The minimum Gasteiger partial charge on any atom is -0.385 e. The second-order valence-corrected chi connectivity index (χ2v) is 5.67. The van der Waals surface area contributed by atoms with Gasteiger partial charge < -0.3 is 19.9 Å². The third-order valence-electron chi connectivity index (χ3n) is 3.87. The van der Waals surface area contributed by atoms with Crippen molar-refractivity contribution in [1.29, 1.82) is 5.26 Å². The van der Waals surface area contributed by atoms with Gasteiger partial charge in [0.05, 0.1) is 0 Å². The highest BCUT2D eigenvalue weighted by Crippen LogP contribution is 2.23. The van der Waals surface area contributed by atoms with Crippen LogP contribution in [0.2, 0.25) is 0 Å². The topological polar surface area (TPSA) is 96.2 Å². The van der Waals surface area contributed by atoms with Gasteiger partial charge >= 0.3 is 0 Å². The van der Waals surface area contributed by atoms with Crippen LogP contribution in [0.4, 0.5) is 0 Å². The highest BCUT2D eigenvalue weighted by atomic mass is 16.5. The lowest BCUT2D eigenvalue weighted by Gasteiger charge is -2.07. The summed E-state index contributed by atoms with van der Waals surface area (Å²) < 4.78 is 6.77. The van der Waals surface area contributed by atoms with Crippen LogP contribution in [0, 0.1) is 11.3 Å². The number of para-hydroxylation sites is 1. The van der Waals surface area contributed by atoms with Crippen molar-refractivity contribution >= 4 is 28.8 Å². The summed E-state index contributed by atoms with van der Waals surface area (Å²) in [6.07, 6.45) is 4.06. The third-order valence-corrected chi connectivity index (χ3v) is 3.87. The van der Waals surface area contributed by atoms with Crippen molar-refractivity contribution in [3.8, 4) is 6.07 Å². The Labute approximate surface area is 152 Å². The number of carbonyl (C=O) groups excluding carboxylic acids is 2. The number of rotatable bonds is 8. The first-order valence-electron chi connectivity index (χ1n) is 8.28. The first kappa shape index (κ1) is 19.2. The first-order chi connectivity index (χ1) is 12.6. The molecule has 1 aromatic carbocycles. The number of likely N-dealkylation sites (N-methyl/N-ethyl adjacent to an activating group) is 1. The number of fused-ring (bicyclic) bond motifs is 1. The lowest BCUT2D eigenvalue weighted by atomic mass is 10.1. The summed E-state index contributed by atoms with van der Waals surface area (Å²) in [6.45, 7) is 1.30. The zero-order chi connectivity index (χ0) is 18.9. The molecule has 0 bridgehead atoms. The van der Waals surface area contributed by atoms with Gasteiger partial charge in [-0.3, -0.25) is 9.59 Å². The maximum Gasteiger partial charge on any atom is 0.261 e. The Balaban J connectivity index is 2.27. The number of nitriles is 1. The minimum atomic E-state index is -0.444. The van der Waals surface area contributed by atoms with Crippen LogP contribution in [-0.4, -0.2) is 43.7 Å². The van der Waals surface area contributed by atoms with Crippen molar-refractivity contribution in [1.82, 2.24) is 15.2 Å². The number of aromatic nitrogens is 1. The van der Waals surface area contributed by atoms with Gasteiger partial charge in [0.2, 0.25) is 5.91 Å². The Hall–Kier alpha value is -3.11. The molecule has 7 heteroatoms. The molecule has 0 spiro atoms. The van der Waals surface area contributed by atoms with Crippen molar-refractivity contribution in [3.63, 3.8) is 0 Å². The summed E-state index contributed by atoms with van der Waals surface area (Å²) in [6, 6.07) is 9.46. The summed E-state index contributed by atoms with van der Waals surface area (Å²) >= 11 is 0. The van der Waals surface area contributed by atoms with E-state index in [-0.39, 0.29) is 18.0 Å². The normalized spacial score (nSPS) is 11.2. The molecule has 0 saturated heterocycles. The molecule has 0 atom stereocenters. The van der Waals surface area contributed by atoms with E-state index >= 15 is 0 Å². The van der Waals surface area contributed by atoms with Crippen LogP contribution in [0.15, 0.2) is 36.0 Å². The zero-order valence-electron chi connectivity index (χ0n) is 14.9. The van der Waals surface area contributed by atoms with E-state index in [0.717, 1.165) is 17.3 Å². The van der Waals surface area contributed by atoms with Crippen LogP contribution >= 0.6 is 0 Å². The predicted molar refractivity (Wildman–Crippen MR) is 99.1 cm³/mol. The summed E-state index contributed by atoms with van der Waals surface area (Å²) in [4.78, 5) is 23.9. The molecule has 1 heterocycles. The molecule has 26 heavy (non-hydrogen) atoms. The van der Waals surface area contributed by atoms with Gasteiger partial charge in [0.1, 0.15) is 18.2 Å². The van der Waals surface area contributed by atoms with Crippen molar-refractivity contribution < 1.29 is 14.3 Å². The second-order valence-electron chi connectivity index (χ2n) is 5.67. The van der Waals surface area contributed by atoms with Crippen LogP contribution < -0.4 is 10.6 Å². The van der Waals surface area contributed by atoms with Crippen molar-refractivity contribution in [2.75, 3.05) is 27.3 Å². The molecule has 0 fully saturated rings. The average Bonchev–Trinajstić information content (AvgIpc) is 3.00. The molecule has 136 valence electrons. The molecule has 0 saturated carbocycles. The fraction of sp³-hybridized carbons (Fsp3) is 0.316. The van der Waals surface area contributed by atoms with Gasteiger partial charge in [0.15, 0.2) is 0 Å². The number of carbonyl (C=O) groups is 2. The summed E-state index contributed by atoms with van der Waals surface area (Å²) in [7, 11) is 3.10. The standard InChI is InChI=1S/C19H22N4O3/c1-21-19(25)14(11-20)10-15-12-23(17-7-4-3-6-16(15)17)13-18(24)22-8-5-9-26-2/h3-4,6-7,10,12H,5,8-9,13H2,1-2H3,(H,21,25)(H,22,24)/b14-10+. The number of nitrogens with one attached hydrogen (secondary N) is 2. The van der Waals surface area contributed by atoms with Crippen LogP contribution in [0.25, 0.3) is 17.0 Å². The van der Waals surface area contributed by atoms with E-state index in [4.69, 9.17) is 4.74 Å². The Morgan fingerprint density at radius 2 is 2.12 bits per heavy atom. The van der Waals surface area contributed by atoms with Gasteiger partial charge in [-0.05, 0) is 18.6 Å². The molecular formula is C19H22N4O3. The fourth-order valence-corrected chi connectivity index (χ4v) is 2.61. The van der Waals surface area contributed by atoms with Crippen molar-refractivity contribution in [2.45, 2.75) is 13.0 Å². The maximum atomic E-state index is 12.2. The van der Waals surface area contributed by atoms with Gasteiger partial charge in [-0.25, -0.2) is 0 Å². The molecule has 0 radical (unpaired) electrons. The van der Waals surface area contributed by atoms with Crippen LogP contribution in [0.1, 0.15) is 12.0 Å². The number of nitrogens with zero attached hydrogens (tertiary/aromatic N) is 2. The van der Waals surface area contributed by atoms with Crippen LogP contribution in [-0.2, 0) is 20.9 Å². The molecule has 7 nitrogen and oxygen atoms in total. The Morgan fingerprint density at radius 3 is 2.81 bits per heavy atom. The summed E-state index contributed by atoms with van der Waals surface area (Å²) in [5.74, 6) is -0.551. The number of benzene rings is 1. The van der Waals surface area contributed by atoms with E-state index in [1.807, 2.05) is 34.9 Å². The SMILES string of the molecule is CNC(=O)/C(C#N)=C/c1cn(CC(=O)NCCCOC)c2ccccc12. The monoisotopic (exact) mass is 354 g/mol. The highest BCUT2D eigenvalue weighted by Gasteiger charge is 2.12. The maximum absolute atomic E-state index is 12.2. The van der Waals surface area contributed by atoms with Gasteiger partial charge in [-0.15, -0.1) is 0 Å². The molecule has 0 unspecified atom stereocenters. The van der Waals surface area contributed by atoms with Crippen LogP contribution in [0.5, 0.6) is 0 Å². The largest absolute Gasteiger partial charge is 0.385 e. The Morgan fingerprint density at radius 1 is 1.35 bits per heavy atom. The van der Waals surface area contributed by atoms with Crippen molar-refractivity contribution in [3.05, 3.63) is 41.6 Å². The lowest BCUT2D eigenvalue weighted by molar-refractivity contribution is -0.121. The molecule has 0 aliphatic rings. The third kappa shape index (κ3) is 4.71. The van der Waals surface area contributed by atoms with E-state index in [2.05, 4.69) is 10.6 Å². The molecule has 2 aromatic rings. The zero-order valence-corrected chi connectivity index (χ0v) is 14.9. The lowest BCUT2D eigenvalue weighted by Crippen LogP contribution is -2.28. The number of ether oxygens (including phenoxy) is 1. The number of methoxy groups -OCH3 is 1. The Kier molecular flexibility index (Phi) is 6.94. The predicted octanol–water partition coefficient (Wildman–Crippen LogP) is 1.45. The van der Waals surface area contributed by atoms with Gasteiger partial charge in [-0.2, -0.15) is 5.26 Å². The number of amides is 2. The molecule has 2 rings (SSSR count). The number of hydrogen-bond donors (Lipinski definition) is 2. The molecule has 1 aromatic heterocycles. The van der Waals surface area contributed by atoms with Gasteiger partial charge in [0, 0.05) is 50.0 Å². The second kappa shape index (κ2) is 9.39. The average molecular weight is 354 g/mol. The van der Waals surface area contributed by atoms with Crippen LogP contribution in [0.3, 0.4) is 0 Å². The van der Waals surface area contributed by atoms with E-state index in [1.165, 1.54) is 13.1 Å². The Bertz CT molecular complexity index is 861. The molecular weight excluding hydrogens is 332 g/mol.